The van der Waals surface area contributed by atoms with Gasteiger partial charge in [0, 0.05) is 36.6 Å². The average molecular weight is 344 g/mol. The second kappa shape index (κ2) is 5.90. The highest BCUT2D eigenvalue weighted by Gasteiger charge is 2.47. The zero-order chi connectivity index (χ0) is 17.8. The lowest BCUT2D eigenvalue weighted by Crippen LogP contribution is -2.46. The number of rotatable bonds is 2. The summed E-state index contributed by atoms with van der Waals surface area (Å²) in [5.74, 6) is 1.33. The molecule has 0 radical (unpaired) electrons. The molecule has 5 heteroatoms. The van der Waals surface area contributed by atoms with Crippen LogP contribution in [0, 0.1) is 12.8 Å². The van der Waals surface area contributed by atoms with Gasteiger partial charge in [-0.1, -0.05) is 0 Å². The molecule has 3 aliphatic rings. The molecule has 0 spiro atoms. The number of amides is 1. The number of ether oxygens (including phenoxy) is 2. The van der Waals surface area contributed by atoms with Crippen LogP contribution in [0.2, 0.25) is 0 Å². The number of nitrogens with zero attached hydrogens (tertiary/aromatic N) is 1. The summed E-state index contributed by atoms with van der Waals surface area (Å²) in [7, 11) is 4.31. The summed E-state index contributed by atoms with van der Waals surface area (Å²) in [4.78, 5) is 14.6. The summed E-state index contributed by atoms with van der Waals surface area (Å²) in [5, 5.41) is 2.93. The van der Waals surface area contributed by atoms with Gasteiger partial charge in [0.25, 0.3) is 11.7 Å². The molecule has 136 valence electrons. The molecule has 1 aromatic rings. The summed E-state index contributed by atoms with van der Waals surface area (Å²) >= 11 is 0. The molecule has 0 bridgehead atoms. The van der Waals surface area contributed by atoms with Crippen LogP contribution in [0.1, 0.15) is 54.1 Å². The van der Waals surface area contributed by atoms with Crippen molar-refractivity contribution in [1.82, 2.24) is 10.2 Å². The van der Waals surface area contributed by atoms with Crippen LogP contribution in [0.15, 0.2) is 6.07 Å². The maximum atomic E-state index is 12.3. The van der Waals surface area contributed by atoms with E-state index < -0.39 is 5.79 Å². The van der Waals surface area contributed by atoms with E-state index in [1.54, 1.807) is 0 Å². The quantitative estimate of drug-likeness (QED) is 0.896. The third-order valence-electron chi connectivity index (χ3n) is 6.26. The number of hydrogen-bond donors (Lipinski definition) is 1. The zero-order valence-electron chi connectivity index (χ0n) is 15.6. The third kappa shape index (κ3) is 2.69. The van der Waals surface area contributed by atoms with E-state index in [1.807, 2.05) is 13.0 Å². The second-order valence-electron chi connectivity index (χ2n) is 8.06. The van der Waals surface area contributed by atoms with Crippen molar-refractivity contribution in [2.75, 3.05) is 20.6 Å². The van der Waals surface area contributed by atoms with Gasteiger partial charge in [-0.15, -0.1) is 0 Å². The molecule has 1 amide bonds. The molecule has 1 N–H and O–H groups in total. The topological polar surface area (TPSA) is 50.8 Å². The lowest BCUT2D eigenvalue weighted by atomic mass is 9.81. The van der Waals surface area contributed by atoms with Gasteiger partial charge in [0.2, 0.25) is 0 Å². The summed E-state index contributed by atoms with van der Waals surface area (Å²) < 4.78 is 12.7. The summed E-state index contributed by atoms with van der Waals surface area (Å²) in [6, 6.07) is 2.67. The highest BCUT2D eigenvalue weighted by Crippen LogP contribution is 2.49. The molecule has 1 saturated carbocycles. The van der Waals surface area contributed by atoms with Crippen molar-refractivity contribution in [3.63, 3.8) is 0 Å². The molecule has 5 nitrogen and oxygen atoms in total. The van der Waals surface area contributed by atoms with Crippen LogP contribution in [0.4, 0.5) is 0 Å². The molecule has 0 saturated heterocycles. The zero-order valence-corrected chi connectivity index (χ0v) is 15.6. The minimum atomic E-state index is -0.620. The van der Waals surface area contributed by atoms with Crippen LogP contribution >= 0.6 is 0 Å². The first-order valence-corrected chi connectivity index (χ1v) is 9.38. The van der Waals surface area contributed by atoms with Gasteiger partial charge in [-0.2, -0.15) is 0 Å². The van der Waals surface area contributed by atoms with Crippen LogP contribution in [0.3, 0.4) is 0 Å². The highest BCUT2D eigenvalue weighted by molar-refractivity contribution is 5.99. The summed E-state index contributed by atoms with van der Waals surface area (Å²) in [5.41, 5.74) is 2.76. The second-order valence-corrected chi connectivity index (χ2v) is 8.06. The molecule has 1 aliphatic carbocycles. The molecular formula is C20H28N2O3. The van der Waals surface area contributed by atoms with Crippen LogP contribution < -0.4 is 14.8 Å². The van der Waals surface area contributed by atoms with Gasteiger partial charge >= 0.3 is 0 Å². The SMILES string of the molecule is Cc1c2c(cc3c1C(=O)NCC3)OC(C)([C@H]1CC[C@H](N(C)C)CC1)O2. The molecule has 1 aromatic carbocycles. The molecule has 2 aliphatic heterocycles. The number of nitrogens with one attached hydrogen (secondary N) is 1. The van der Waals surface area contributed by atoms with E-state index >= 15 is 0 Å². The Morgan fingerprint density at radius 2 is 1.92 bits per heavy atom. The van der Waals surface area contributed by atoms with Crippen molar-refractivity contribution >= 4 is 5.91 Å². The van der Waals surface area contributed by atoms with Gasteiger partial charge in [-0.05, 0) is 64.8 Å². The monoisotopic (exact) mass is 344 g/mol. The predicted octanol–water partition coefficient (Wildman–Crippen LogP) is 2.89. The van der Waals surface area contributed by atoms with Gasteiger partial charge in [-0.25, -0.2) is 0 Å². The van der Waals surface area contributed by atoms with Gasteiger partial charge < -0.3 is 19.7 Å². The fourth-order valence-corrected chi connectivity index (χ4v) is 4.68. The molecule has 4 rings (SSSR count). The lowest BCUT2D eigenvalue weighted by Gasteiger charge is -2.39. The normalized spacial score (nSPS) is 31.0. The van der Waals surface area contributed by atoms with Crippen molar-refractivity contribution in [1.29, 1.82) is 0 Å². The van der Waals surface area contributed by atoms with Crippen LogP contribution in [-0.4, -0.2) is 43.3 Å². The van der Waals surface area contributed by atoms with Gasteiger partial charge in [0.1, 0.15) is 0 Å². The van der Waals surface area contributed by atoms with Crippen molar-refractivity contribution in [3.05, 3.63) is 22.8 Å². The molecule has 1 unspecified atom stereocenters. The Hall–Kier alpha value is -1.75. The maximum absolute atomic E-state index is 12.3. The van der Waals surface area contributed by atoms with Crippen LogP contribution in [0.5, 0.6) is 11.5 Å². The number of carbonyl (C=O) groups excluding carboxylic acids is 1. The highest BCUT2D eigenvalue weighted by atomic mass is 16.7. The van der Waals surface area contributed by atoms with E-state index in [0.717, 1.165) is 47.5 Å². The number of carbonyl (C=O) groups is 1. The first kappa shape index (κ1) is 16.7. The summed E-state index contributed by atoms with van der Waals surface area (Å²) in [6.45, 7) is 4.73. The Morgan fingerprint density at radius 3 is 2.60 bits per heavy atom. The molecule has 0 aromatic heterocycles. The minimum Gasteiger partial charge on any atom is -0.448 e. The van der Waals surface area contributed by atoms with E-state index in [0.29, 0.717) is 18.5 Å². The first-order valence-electron chi connectivity index (χ1n) is 9.38. The van der Waals surface area contributed by atoms with E-state index in [4.69, 9.17) is 9.47 Å². The van der Waals surface area contributed by atoms with E-state index in [9.17, 15) is 4.79 Å². The van der Waals surface area contributed by atoms with E-state index in [2.05, 4.69) is 31.2 Å². The van der Waals surface area contributed by atoms with Crippen molar-refractivity contribution in [2.24, 2.45) is 5.92 Å². The summed E-state index contributed by atoms with van der Waals surface area (Å²) in [6.07, 6.45) is 5.41. The Balaban J connectivity index is 1.59. The van der Waals surface area contributed by atoms with Crippen LogP contribution in [-0.2, 0) is 6.42 Å². The van der Waals surface area contributed by atoms with Crippen LogP contribution in [0.25, 0.3) is 0 Å². The van der Waals surface area contributed by atoms with Gasteiger partial charge in [0.05, 0.1) is 0 Å². The Morgan fingerprint density at radius 1 is 1.20 bits per heavy atom. The Kier molecular flexibility index (Phi) is 3.95. The molecule has 1 atom stereocenters. The maximum Gasteiger partial charge on any atom is 0.251 e. The van der Waals surface area contributed by atoms with Crippen molar-refractivity contribution in [2.45, 2.75) is 57.8 Å². The molecule has 1 fully saturated rings. The number of fused-ring (bicyclic) bond motifs is 2. The van der Waals surface area contributed by atoms with Gasteiger partial charge in [0.15, 0.2) is 11.5 Å². The minimum absolute atomic E-state index is 0.00486. The fraction of sp³-hybridized carbons (Fsp3) is 0.650. The van der Waals surface area contributed by atoms with Crippen molar-refractivity contribution < 1.29 is 14.3 Å². The first-order chi connectivity index (χ1) is 11.9. The van der Waals surface area contributed by atoms with E-state index in [-0.39, 0.29) is 5.91 Å². The van der Waals surface area contributed by atoms with Gasteiger partial charge in [-0.3, -0.25) is 4.79 Å². The Bertz CT molecular complexity index is 707. The fourth-order valence-electron chi connectivity index (χ4n) is 4.68. The number of hydrogen-bond acceptors (Lipinski definition) is 4. The van der Waals surface area contributed by atoms with E-state index in [1.165, 1.54) is 12.8 Å². The Labute approximate surface area is 149 Å². The smallest absolute Gasteiger partial charge is 0.251 e. The molecule has 2 heterocycles. The lowest BCUT2D eigenvalue weighted by molar-refractivity contribution is -0.123. The standard InChI is InChI=1S/C20H28N2O3/c1-12-17-13(9-10-21-19(17)23)11-16-18(12)25-20(2,24-16)14-5-7-15(8-6-14)22(3)4/h11,14-15H,5-10H2,1-4H3,(H,21,23)/t14-,15-,20?. The van der Waals surface area contributed by atoms with Crippen molar-refractivity contribution in [3.8, 4) is 11.5 Å². The average Bonchev–Trinajstić information content (AvgIpc) is 2.93. The largest absolute Gasteiger partial charge is 0.448 e. The molecule has 25 heavy (non-hydrogen) atoms. The predicted molar refractivity (Wildman–Crippen MR) is 96.3 cm³/mol. The molecular weight excluding hydrogens is 316 g/mol. The third-order valence-corrected chi connectivity index (χ3v) is 6.26. The number of benzene rings is 1.